The molecule has 1 amide bonds. The number of likely N-dealkylation sites (N-methyl/N-ethyl adjacent to an activating group) is 1. The third-order valence-electron chi connectivity index (χ3n) is 3.30. The van der Waals surface area contributed by atoms with Crippen LogP contribution in [0.1, 0.15) is 17.4 Å². The molecule has 3 N–H and O–H groups in total. The highest BCUT2D eigenvalue weighted by Crippen LogP contribution is 2.17. The summed E-state index contributed by atoms with van der Waals surface area (Å²) in [5.74, 6) is 0.809. The van der Waals surface area contributed by atoms with Crippen molar-refractivity contribution in [2.24, 2.45) is 0 Å². The minimum atomic E-state index is -0.0287. The van der Waals surface area contributed by atoms with Gasteiger partial charge in [0.05, 0.1) is 18.7 Å². The minimum absolute atomic E-state index is 0.0183. The van der Waals surface area contributed by atoms with Gasteiger partial charge in [0.25, 0.3) is 0 Å². The molecule has 5 heteroatoms. The predicted octanol–water partition coefficient (Wildman–Crippen LogP) is 1.82. The van der Waals surface area contributed by atoms with Gasteiger partial charge in [0.1, 0.15) is 5.76 Å². The molecular formula is C16H21N3O2. The van der Waals surface area contributed by atoms with Crippen molar-refractivity contribution in [2.45, 2.75) is 12.5 Å². The summed E-state index contributed by atoms with van der Waals surface area (Å²) in [5, 5.41) is 2.94. The number of nitrogens with two attached hydrogens (primary N) is 1. The Hall–Kier alpha value is -2.27. The Bertz CT molecular complexity index is 579. The molecule has 0 fully saturated rings. The van der Waals surface area contributed by atoms with E-state index >= 15 is 0 Å². The van der Waals surface area contributed by atoms with Crippen LogP contribution in [0.4, 0.5) is 5.69 Å². The van der Waals surface area contributed by atoms with E-state index in [1.165, 1.54) is 0 Å². The fourth-order valence-electron chi connectivity index (χ4n) is 2.18. The first-order chi connectivity index (χ1) is 10.1. The number of anilines is 1. The minimum Gasteiger partial charge on any atom is -0.468 e. The van der Waals surface area contributed by atoms with Crippen molar-refractivity contribution in [1.82, 2.24) is 10.2 Å². The van der Waals surface area contributed by atoms with E-state index in [9.17, 15) is 4.79 Å². The molecule has 21 heavy (non-hydrogen) atoms. The van der Waals surface area contributed by atoms with Crippen LogP contribution in [0.25, 0.3) is 0 Å². The number of nitrogen functional groups attached to an aromatic ring is 1. The van der Waals surface area contributed by atoms with Crippen molar-refractivity contribution in [2.75, 3.05) is 26.4 Å². The van der Waals surface area contributed by atoms with Crippen molar-refractivity contribution in [3.63, 3.8) is 0 Å². The van der Waals surface area contributed by atoms with Crippen molar-refractivity contribution in [3.05, 3.63) is 54.0 Å². The van der Waals surface area contributed by atoms with Gasteiger partial charge in [-0.1, -0.05) is 12.1 Å². The SMILES string of the molecule is CN(C)C(CNC(=O)Cc1cccc(N)c1)c1ccco1. The van der Waals surface area contributed by atoms with Crippen LogP contribution in [0.2, 0.25) is 0 Å². The van der Waals surface area contributed by atoms with E-state index in [0.29, 0.717) is 18.7 Å². The highest BCUT2D eigenvalue weighted by molar-refractivity contribution is 5.78. The summed E-state index contributed by atoms with van der Waals surface area (Å²) in [6.07, 6.45) is 1.96. The highest BCUT2D eigenvalue weighted by atomic mass is 16.3. The van der Waals surface area contributed by atoms with Crippen LogP contribution in [0.5, 0.6) is 0 Å². The van der Waals surface area contributed by atoms with Gasteiger partial charge in [-0.05, 0) is 43.9 Å². The van der Waals surface area contributed by atoms with Gasteiger partial charge in [0, 0.05) is 12.2 Å². The molecule has 0 aliphatic heterocycles. The van der Waals surface area contributed by atoms with E-state index in [1.807, 2.05) is 49.3 Å². The predicted molar refractivity (Wildman–Crippen MR) is 82.7 cm³/mol. The molecule has 1 atom stereocenters. The number of hydrogen-bond donors (Lipinski definition) is 2. The quantitative estimate of drug-likeness (QED) is 0.795. The number of amides is 1. The average molecular weight is 287 g/mol. The van der Waals surface area contributed by atoms with Gasteiger partial charge < -0.3 is 15.5 Å². The molecule has 2 aromatic rings. The lowest BCUT2D eigenvalue weighted by molar-refractivity contribution is -0.120. The fourth-order valence-corrected chi connectivity index (χ4v) is 2.18. The molecule has 112 valence electrons. The van der Waals surface area contributed by atoms with E-state index in [2.05, 4.69) is 5.32 Å². The highest BCUT2D eigenvalue weighted by Gasteiger charge is 2.17. The summed E-state index contributed by atoms with van der Waals surface area (Å²) in [6.45, 7) is 0.502. The monoisotopic (exact) mass is 287 g/mol. The lowest BCUT2D eigenvalue weighted by Crippen LogP contribution is -2.35. The van der Waals surface area contributed by atoms with Crippen LogP contribution in [0, 0.1) is 0 Å². The molecule has 0 spiro atoms. The van der Waals surface area contributed by atoms with Crippen molar-refractivity contribution >= 4 is 11.6 Å². The molecule has 1 unspecified atom stereocenters. The van der Waals surface area contributed by atoms with Crippen LogP contribution in [0.3, 0.4) is 0 Å². The third kappa shape index (κ3) is 4.36. The molecule has 5 nitrogen and oxygen atoms in total. The van der Waals surface area contributed by atoms with Gasteiger partial charge in [-0.3, -0.25) is 9.69 Å². The standard InChI is InChI=1S/C16H21N3O2/c1-19(2)14(15-7-4-8-21-15)11-18-16(20)10-12-5-3-6-13(17)9-12/h3-9,14H,10-11,17H2,1-2H3,(H,18,20). The molecule has 0 saturated heterocycles. The summed E-state index contributed by atoms with van der Waals surface area (Å²) in [7, 11) is 3.91. The number of carbonyl (C=O) groups is 1. The van der Waals surface area contributed by atoms with E-state index in [4.69, 9.17) is 10.2 Å². The Balaban J connectivity index is 1.90. The van der Waals surface area contributed by atoms with Crippen LogP contribution in [-0.4, -0.2) is 31.4 Å². The maximum Gasteiger partial charge on any atom is 0.224 e. The molecule has 0 saturated carbocycles. The second-order valence-corrected chi connectivity index (χ2v) is 5.22. The maximum absolute atomic E-state index is 12.0. The summed E-state index contributed by atoms with van der Waals surface area (Å²) < 4.78 is 5.41. The summed E-state index contributed by atoms with van der Waals surface area (Å²) >= 11 is 0. The first-order valence-electron chi connectivity index (χ1n) is 6.87. The number of hydrogen-bond acceptors (Lipinski definition) is 4. The van der Waals surface area contributed by atoms with Crippen molar-refractivity contribution in [3.8, 4) is 0 Å². The second-order valence-electron chi connectivity index (χ2n) is 5.22. The Labute approximate surface area is 124 Å². The average Bonchev–Trinajstić information content (AvgIpc) is 2.92. The van der Waals surface area contributed by atoms with Crippen molar-refractivity contribution < 1.29 is 9.21 Å². The first-order valence-corrected chi connectivity index (χ1v) is 6.87. The smallest absolute Gasteiger partial charge is 0.224 e. The zero-order chi connectivity index (χ0) is 15.2. The molecule has 1 heterocycles. The summed E-state index contributed by atoms with van der Waals surface area (Å²) in [4.78, 5) is 14.0. The Morgan fingerprint density at radius 1 is 1.33 bits per heavy atom. The lowest BCUT2D eigenvalue weighted by atomic mass is 10.1. The first kappa shape index (κ1) is 15.1. The molecule has 1 aromatic heterocycles. The van der Waals surface area contributed by atoms with Gasteiger partial charge in [0.2, 0.25) is 5.91 Å². The normalized spacial score (nSPS) is 12.3. The number of rotatable bonds is 6. The van der Waals surface area contributed by atoms with E-state index in [1.54, 1.807) is 12.3 Å². The Morgan fingerprint density at radius 2 is 2.14 bits per heavy atom. The zero-order valence-electron chi connectivity index (χ0n) is 12.4. The molecule has 0 aliphatic carbocycles. The molecule has 0 aliphatic rings. The lowest BCUT2D eigenvalue weighted by Gasteiger charge is -2.22. The summed E-state index contributed by atoms with van der Waals surface area (Å²) in [6, 6.07) is 11.1. The van der Waals surface area contributed by atoms with E-state index in [0.717, 1.165) is 11.3 Å². The van der Waals surface area contributed by atoms with Crippen LogP contribution >= 0.6 is 0 Å². The topological polar surface area (TPSA) is 71.5 Å². The molecular weight excluding hydrogens is 266 g/mol. The molecule has 2 rings (SSSR count). The number of nitrogens with zero attached hydrogens (tertiary/aromatic N) is 1. The van der Waals surface area contributed by atoms with Gasteiger partial charge in [-0.2, -0.15) is 0 Å². The molecule has 0 radical (unpaired) electrons. The second kappa shape index (κ2) is 6.95. The Kier molecular flexibility index (Phi) is 5.00. The largest absolute Gasteiger partial charge is 0.468 e. The van der Waals surface area contributed by atoms with E-state index in [-0.39, 0.29) is 11.9 Å². The van der Waals surface area contributed by atoms with Gasteiger partial charge in [0.15, 0.2) is 0 Å². The number of carbonyl (C=O) groups excluding carboxylic acids is 1. The maximum atomic E-state index is 12.0. The number of benzene rings is 1. The fraction of sp³-hybridized carbons (Fsp3) is 0.312. The molecule has 1 aromatic carbocycles. The number of nitrogens with one attached hydrogen (secondary N) is 1. The van der Waals surface area contributed by atoms with Crippen LogP contribution in [-0.2, 0) is 11.2 Å². The van der Waals surface area contributed by atoms with Crippen LogP contribution < -0.4 is 11.1 Å². The van der Waals surface area contributed by atoms with Crippen LogP contribution in [0.15, 0.2) is 47.1 Å². The zero-order valence-corrected chi connectivity index (χ0v) is 12.4. The van der Waals surface area contributed by atoms with Gasteiger partial charge in [-0.25, -0.2) is 0 Å². The molecule has 0 bridgehead atoms. The van der Waals surface area contributed by atoms with Crippen molar-refractivity contribution in [1.29, 1.82) is 0 Å². The number of furan rings is 1. The third-order valence-corrected chi connectivity index (χ3v) is 3.30. The van der Waals surface area contributed by atoms with E-state index < -0.39 is 0 Å². The summed E-state index contributed by atoms with van der Waals surface area (Å²) in [5.41, 5.74) is 7.29. The Morgan fingerprint density at radius 3 is 2.76 bits per heavy atom. The van der Waals surface area contributed by atoms with Gasteiger partial charge >= 0.3 is 0 Å². The van der Waals surface area contributed by atoms with Gasteiger partial charge in [-0.15, -0.1) is 0 Å².